The van der Waals surface area contributed by atoms with Crippen LogP contribution in [-0.2, 0) is 14.9 Å². The average Bonchev–Trinajstić information content (AvgIpc) is 3.69. The van der Waals surface area contributed by atoms with Crippen molar-refractivity contribution in [1.82, 2.24) is 20.4 Å². The number of hydrogen-bond donors (Lipinski definition) is 1. The van der Waals surface area contributed by atoms with Crippen LogP contribution in [0.4, 0.5) is 9.59 Å². The van der Waals surface area contributed by atoms with E-state index in [-0.39, 0.29) is 29.5 Å². The van der Waals surface area contributed by atoms with E-state index in [4.69, 9.17) is 19.0 Å². The highest BCUT2D eigenvalue weighted by atomic mass is 16.6. The second-order valence-electron chi connectivity index (χ2n) is 13.2. The molecule has 9 nitrogen and oxygen atoms in total. The molecule has 3 fully saturated rings. The van der Waals surface area contributed by atoms with Gasteiger partial charge in [0.2, 0.25) is 5.89 Å². The van der Waals surface area contributed by atoms with Crippen LogP contribution in [0.3, 0.4) is 0 Å². The molecule has 206 valence electrons. The smallest absolute Gasteiger partial charge is 0.410 e. The zero-order chi connectivity index (χ0) is 27.3. The minimum atomic E-state index is -0.573. The minimum Gasteiger partial charge on any atom is -0.444 e. The second kappa shape index (κ2) is 9.58. The van der Waals surface area contributed by atoms with E-state index in [1.807, 2.05) is 64.6 Å². The number of hydrogen-bond acceptors (Lipinski definition) is 7. The van der Waals surface area contributed by atoms with Crippen LogP contribution in [0.2, 0.25) is 0 Å². The highest BCUT2D eigenvalue weighted by molar-refractivity contribution is 5.70. The summed E-state index contributed by atoms with van der Waals surface area (Å²) >= 11 is 0. The van der Waals surface area contributed by atoms with Gasteiger partial charge in [-0.3, -0.25) is 0 Å². The molecular formula is C29H40N4O5. The minimum absolute atomic E-state index is 0.0348. The Balaban J connectivity index is 1.23. The van der Waals surface area contributed by atoms with E-state index in [2.05, 4.69) is 22.6 Å². The molecule has 38 heavy (non-hydrogen) atoms. The van der Waals surface area contributed by atoms with Crippen LogP contribution in [0.15, 0.2) is 34.9 Å². The first-order chi connectivity index (χ1) is 17.8. The Morgan fingerprint density at radius 3 is 2.29 bits per heavy atom. The lowest BCUT2D eigenvalue weighted by Gasteiger charge is -2.33. The van der Waals surface area contributed by atoms with Crippen molar-refractivity contribution in [3.8, 4) is 0 Å². The lowest BCUT2D eigenvalue weighted by atomic mass is 9.80. The highest BCUT2D eigenvalue weighted by Crippen LogP contribution is 2.52. The van der Waals surface area contributed by atoms with Gasteiger partial charge in [-0.1, -0.05) is 35.5 Å². The fourth-order valence-electron chi connectivity index (χ4n) is 5.18. The van der Waals surface area contributed by atoms with Crippen molar-refractivity contribution < 1.29 is 23.6 Å². The number of rotatable bonds is 7. The van der Waals surface area contributed by atoms with Crippen molar-refractivity contribution in [3.63, 3.8) is 0 Å². The molecule has 2 atom stereocenters. The van der Waals surface area contributed by atoms with Crippen molar-refractivity contribution in [1.29, 1.82) is 0 Å². The van der Waals surface area contributed by atoms with E-state index in [1.54, 1.807) is 0 Å². The summed E-state index contributed by atoms with van der Waals surface area (Å²) in [5.41, 5.74) is -0.156. The summed E-state index contributed by atoms with van der Waals surface area (Å²) in [4.78, 5) is 32.1. The summed E-state index contributed by atoms with van der Waals surface area (Å²) in [5, 5.41) is 7.26. The lowest BCUT2D eigenvalue weighted by molar-refractivity contribution is 0.0208. The van der Waals surface area contributed by atoms with Crippen molar-refractivity contribution in [2.75, 3.05) is 6.54 Å². The topological polar surface area (TPSA) is 107 Å². The molecule has 1 heterocycles. The summed E-state index contributed by atoms with van der Waals surface area (Å²) in [5.74, 6) is 1.69. The number of benzene rings is 1. The SMILES string of the molecule is CC(C)(C)OC(=O)NC1CC(c2nc(C3(CN(C(=O)OC(C)(C)C)[C@@H]4C[C@H]4c4ccccc4)CC3)no2)C1. The molecule has 2 aromatic rings. The van der Waals surface area contributed by atoms with Gasteiger partial charge in [-0.2, -0.15) is 4.98 Å². The highest BCUT2D eigenvalue weighted by Gasteiger charge is 2.55. The van der Waals surface area contributed by atoms with E-state index in [0.717, 1.165) is 32.1 Å². The molecule has 0 radical (unpaired) electrons. The maximum atomic E-state index is 13.3. The zero-order valence-electron chi connectivity index (χ0n) is 23.3. The molecule has 0 spiro atoms. The van der Waals surface area contributed by atoms with Crippen molar-refractivity contribution in [2.45, 2.75) is 114 Å². The molecule has 3 aliphatic carbocycles. The Morgan fingerprint density at radius 2 is 1.68 bits per heavy atom. The first kappa shape index (κ1) is 26.5. The third kappa shape index (κ3) is 6.13. The number of amides is 2. The van der Waals surface area contributed by atoms with E-state index < -0.39 is 17.3 Å². The molecule has 3 saturated carbocycles. The number of carbonyl (C=O) groups is 2. The fourth-order valence-corrected chi connectivity index (χ4v) is 5.18. The van der Waals surface area contributed by atoms with Gasteiger partial charge in [0.25, 0.3) is 0 Å². The standard InChI is InChI=1S/C29H40N4O5/c1-27(2,3)36-25(34)30-20-14-19(15-20)23-31-24(32-38-23)29(12-13-29)17-33(26(35)37-28(4,5)6)22-16-21(22)18-10-8-7-9-11-18/h7-11,19-22H,12-17H2,1-6H3,(H,30,34)/t19?,20?,21-,22+/m0/s1. The van der Waals surface area contributed by atoms with E-state index in [1.165, 1.54) is 5.56 Å². The van der Waals surface area contributed by atoms with Gasteiger partial charge >= 0.3 is 12.2 Å². The predicted octanol–water partition coefficient (Wildman–Crippen LogP) is 5.67. The first-order valence-electron chi connectivity index (χ1n) is 13.7. The monoisotopic (exact) mass is 524 g/mol. The molecule has 1 aromatic carbocycles. The summed E-state index contributed by atoms with van der Waals surface area (Å²) in [7, 11) is 0. The van der Waals surface area contributed by atoms with E-state index >= 15 is 0 Å². The third-order valence-electron chi connectivity index (χ3n) is 7.46. The molecule has 0 unspecified atom stereocenters. The largest absolute Gasteiger partial charge is 0.444 e. The molecular weight excluding hydrogens is 484 g/mol. The molecule has 1 aromatic heterocycles. The van der Waals surface area contributed by atoms with Gasteiger partial charge in [0, 0.05) is 30.5 Å². The fraction of sp³-hybridized carbons (Fsp3) is 0.655. The van der Waals surface area contributed by atoms with Crippen LogP contribution in [0.25, 0.3) is 0 Å². The molecule has 5 rings (SSSR count). The maximum absolute atomic E-state index is 13.3. The van der Waals surface area contributed by atoms with Crippen molar-refractivity contribution in [2.24, 2.45) is 0 Å². The molecule has 1 N–H and O–H groups in total. The molecule has 0 saturated heterocycles. The normalized spacial score (nSPS) is 25.6. The van der Waals surface area contributed by atoms with Gasteiger partial charge in [0.15, 0.2) is 5.82 Å². The Morgan fingerprint density at radius 1 is 1.03 bits per heavy atom. The van der Waals surface area contributed by atoms with Crippen LogP contribution in [-0.4, -0.2) is 57.1 Å². The van der Waals surface area contributed by atoms with Crippen molar-refractivity contribution >= 4 is 12.2 Å². The maximum Gasteiger partial charge on any atom is 0.410 e. The van der Waals surface area contributed by atoms with Gasteiger partial charge in [-0.15, -0.1) is 0 Å². The lowest BCUT2D eigenvalue weighted by Crippen LogP contribution is -2.45. The average molecular weight is 525 g/mol. The quantitative estimate of drug-likeness (QED) is 0.498. The van der Waals surface area contributed by atoms with Crippen molar-refractivity contribution in [3.05, 3.63) is 47.6 Å². The predicted molar refractivity (Wildman–Crippen MR) is 141 cm³/mol. The molecule has 2 amide bonds. The summed E-state index contributed by atoms with van der Waals surface area (Å²) in [6.07, 6.45) is 3.51. The Bertz CT molecular complexity index is 1160. The van der Waals surface area contributed by atoms with Gasteiger partial charge in [-0.25, -0.2) is 9.59 Å². The number of carbonyl (C=O) groups excluding carboxylic acids is 2. The van der Waals surface area contributed by atoms with Crippen LogP contribution < -0.4 is 5.32 Å². The van der Waals surface area contributed by atoms with Gasteiger partial charge in [0.1, 0.15) is 11.2 Å². The first-order valence-corrected chi connectivity index (χ1v) is 13.7. The number of ether oxygens (including phenoxy) is 2. The summed E-state index contributed by atoms with van der Waals surface area (Å²) in [6.45, 7) is 11.7. The van der Waals surface area contributed by atoms with Crippen LogP contribution in [0.5, 0.6) is 0 Å². The molecule has 0 aliphatic heterocycles. The molecule has 3 aliphatic rings. The summed E-state index contributed by atoms with van der Waals surface area (Å²) < 4.78 is 16.8. The van der Waals surface area contributed by atoms with Gasteiger partial charge in [0.05, 0.1) is 5.41 Å². The summed E-state index contributed by atoms with van der Waals surface area (Å²) in [6, 6.07) is 10.5. The van der Waals surface area contributed by atoms with Gasteiger partial charge < -0.3 is 24.2 Å². The number of alkyl carbamates (subject to hydrolysis) is 1. The zero-order valence-corrected chi connectivity index (χ0v) is 23.3. The van der Waals surface area contributed by atoms with E-state index in [0.29, 0.717) is 24.2 Å². The number of nitrogens with one attached hydrogen (secondary N) is 1. The molecule has 9 heteroatoms. The van der Waals surface area contributed by atoms with Crippen LogP contribution >= 0.6 is 0 Å². The Kier molecular flexibility index (Phi) is 6.68. The molecule has 0 bridgehead atoms. The number of aromatic nitrogens is 2. The third-order valence-corrected chi connectivity index (χ3v) is 7.46. The van der Waals surface area contributed by atoms with Crippen LogP contribution in [0.1, 0.15) is 103 Å². The van der Waals surface area contributed by atoms with Gasteiger partial charge in [-0.05, 0) is 79.2 Å². The Hall–Kier alpha value is -3.10. The van der Waals surface area contributed by atoms with E-state index in [9.17, 15) is 9.59 Å². The Labute approximate surface area is 224 Å². The van der Waals surface area contributed by atoms with Crippen LogP contribution in [0, 0.1) is 0 Å². The second-order valence-corrected chi connectivity index (χ2v) is 13.2. The number of nitrogens with zero attached hydrogens (tertiary/aromatic N) is 3.